The molecule has 2 fully saturated rings. The summed E-state index contributed by atoms with van der Waals surface area (Å²) >= 11 is 0. The van der Waals surface area contributed by atoms with Crippen molar-refractivity contribution in [3.05, 3.63) is 71.0 Å². The van der Waals surface area contributed by atoms with Crippen molar-refractivity contribution in [3.63, 3.8) is 0 Å². The third-order valence-corrected chi connectivity index (χ3v) is 6.37. The lowest BCUT2D eigenvalue weighted by Gasteiger charge is -2.31. The Kier molecular flexibility index (Phi) is 8.15. The van der Waals surface area contributed by atoms with E-state index in [1.165, 1.54) is 11.0 Å². The van der Waals surface area contributed by atoms with Gasteiger partial charge in [0.15, 0.2) is 0 Å². The number of ether oxygens (including phenoxy) is 2. The van der Waals surface area contributed by atoms with Crippen LogP contribution in [-0.2, 0) is 14.3 Å². The molecule has 0 spiro atoms. The summed E-state index contributed by atoms with van der Waals surface area (Å²) < 4.78 is 26.1. The van der Waals surface area contributed by atoms with Crippen molar-refractivity contribution in [2.45, 2.75) is 25.8 Å². The Morgan fingerprint density at radius 2 is 1.89 bits per heavy atom. The van der Waals surface area contributed by atoms with Crippen LogP contribution in [0.5, 0.6) is 5.75 Å². The smallest absolute Gasteiger partial charge is 0.295 e. The molecule has 1 N–H and O–H groups in total. The van der Waals surface area contributed by atoms with Crippen LogP contribution in [0.25, 0.3) is 5.76 Å². The zero-order valence-electron chi connectivity index (χ0n) is 19.9. The van der Waals surface area contributed by atoms with Crippen molar-refractivity contribution in [1.82, 2.24) is 9.80 Å². The highest BCUT2D eigenvalue weighted by Gasteiger charge is 2.46. The number of carbonyl (C=O) groups excluding carboxylic acids is 2. The lowest BCUT2D eigenvalue weighted by atomic mass is 9.95. The minimum atomic E-state index is -1.03. The summed E-state index contributed by atoms with van der Waals surface area (Å²) in [5.41, 5.74) is 0.393. The van der Waals surface area contributed by atoms with Crippen molar-refractivity contribution in [1.29, 1.82) is 0 Å². The average Bonchev–Trinajstić information content (AvgIpc) is 3.13. The number of halogens is 1. The molecule has 2 saturated heterocycles. The molecule has 0 radical (unpaired) electrons. The van der Waals surface area contributed by atoms with Crippen molar-refractivity contribution in [3.8, 4) is 5.75 Å². The van der Waals surface area contributed by atoms with Gasteiger partial charge in [0.1, 0.15) is 17.3 Å². The Hall–Kier alpha value is -3.23. The molecule has 2 aromatic carbocycles. The van der Waals surface area contributed by atoms with Crippen LogP contribution in [0.15, 0.2) is 54.1 Å². The van der Waals surface area contributed by atoms with E-state index in [2.05, 4.69) is 11.8 Å². The number of unbranched alkanes of at least 4 members (excludes halogenated alkanes) is 1. The van der Waals surface area contributed by atoms with E-state index < -0.39 is 23.5 Å². The number of Topliss-reactive ketones (excluding diaryl/α,β-unsaturated/α-hetero) is 1. The van der Waals surface area contributed by atoms with Gasteiger partial charge in [-0.05, 0) is 24.6 Å². The molecule has 0 aliphatic carbocycles. The van der Waals surface area contributed by atoms with E-state index in [1.807, 2.05) is 0 Å². The molecular weight excluding hydrogens is 451 g/mol. The second-order valence-corrected chi connectivity index (χ2v) is 8.70. The Labute approximate surface area is 204 Å². The van der Waals surface area contributed by atoms with Crippen LogP contribution < -0.4 is 4.74 Å². The first-order valence-electron chi connectivity index (χ1n) is 12.1. The Balaban J connectivity index is 1.70. The second kappa shape index (κ2) is 11.5. The van der Waals surface area contributed by atoms with Crippen LogP contribution in [0.3, 0.4) is 0 Å². The maximum Gasteiger partial charge on any atom is 0.295 e. The monoisotopic (exact) mass is 482 g/mol. The number of aliphatic hydroxyl groups is 1. The molecule has 2 aliphatic rings. The molecule has 0 bridgehead atoms. The van der Waals surface area contributed by atoms with Gasteiger partial charge in [0.2, 0.25) is 0 Å². The first-order chi connectivity index (χ1) is 17.0. The Morgan fingerprint density at radius 3 is 2.63 bits per heavy atom. The molecule has 8 heteroatoms. The van der Waals surface area contributed by atoms with Gasteiger partial charge in [0.05, 0.1) is 31.4 Å². The summed E-state index contributed by atoms with van der Waals surface area (Å²) in [6.07, 6.45) is 1.87. The van der Waals surface area contributed by atoms with E-state index in [0.717, 1.165) is 25.9 Å². The molecule has 186 valence electrons. The number of morpholine rings is 1. The largest absolute Gasteiger partial charge is 0.507 e. The number of amides is 1. The number of aliphatic hydroxyl groups excluding tert-OH is 1. The fourth-order valence-electron chi connectivity index (χ4n) is 4.43. The van der Waals surface area contributed by atoms with Gasteiger partial charge in [0.25, 0.3) is 11.7 Å². The summed E-state index contributed by atoms with van der Waals surface area (Å²) in [6.45, 7) is 5.98. The van der Waals surface area contributed by atoms with E-state index in [-0.39, 0.29) is 23.4 Å². The first-order valence-corrected chi connectivity index (χ1v) is 12.1. The van der Waals surface area contributed by atoms with E-state index >= 15 is 0 Å². The fourth-order valence-corrected chi connectivity index (χ4v) is 4.43. The van der Waals surface area contributed by atoms with Crippen LogP contribution >= 0.6 is 0 Å². The van der Waals surface area contributed by atoms with E-state index in [0.29, 0.717) is 37.7 Å². The van der Waals surface area contributed by atoms with Gasteiger partial charge in [-0.3, -0.25) is 14.5 Å². The van der Waals surface area contributed by atoms with Crippen LogP contribution in [0.4, 0.5) is 4.39 Å². The average molecular weight is 483 g/mol. The van der Waals surface area contributed by atoms with Gasteiger partial charge in [-0.1, -0.05) is 43.7 Å². The molecule has 2 aromatic rings. The minimum Gasteiger partial charge on any atom is -0.507 e. The molecule has 0 saturated carbocycles. The summed E-state index contributed by atoms with van der Waals surface area (Å²) in [4.78, 5) is 29.8. The maximum absolute atomic E-state index is 14.9. The number of benzene rings is 2. The summed E-state index contributed by atoms with van der Waals surface area (Å²) in [6, 6.07) is 11.8. The van der Waals surface area contributed by atoms with Gasteiger partial charge >= 0.3 is 0 Å². The second-order valence-electron chi connectivity index (χ2n) is 8.70. The molecule has 2 aliphatic heterocycles. The van der Waals surface area contributed by atoms with Crippen LogP contribution in [0, 0.1) is 5.82 Å². The lowest BCUT2D eigenvalue weighted by Crippen LogP contribution is -2.42. The van der Waals surface area contributed by atoms with E-state index in [9.17, 15) is 19.1 Å². The van der Waals surface area contributed by atoms with E-state index in [4.69, 9.17) is 9.47 Å². The highest BCUT2D eigenvalue weighted by Crippen LogP contribution is 2.40. The molecule has 35 heavy (non-hydrogen) atoms. The van der Waals surface area contributed by atoms with Crippen LogP contribution in [0.2, 0.25) is 0 Å². The molecule has 1 atom stereocenters. The van der Waals surface area contributed by atoms with Gasteiger partial charge in [-0.15, -0.1) is 0 Å². The van der Waals surface area contributed by atoms with Crippen LogP contribution in [-0.4, -0.2) is 72.6 Å². The first kappa shape index (κ1) is 24.9. The van der Waals surface area contributed by atoms with Crippen molar-refractivity contribution < 1.29 is 28.6 Å². The molecular formula is C27H31FN2O5. The number of nitrogens with zero attached hydrogens (tertiary/aromatic N) is 2. The summed E-state index contributed by atoms with van der Waals surface area (Å²) in [7, 11) is 0. The number of carbonyl (C=O) groups is 2. The van der Waals surface area contributed by atoms with Gasteiger partial charge < -0.3 is 19.5 Å². The predicted octanol–water partition coefficient (Wildman–Crippen LogP) is 3.76. The molecule has 1 amide bonds. The summed E-state index contributed by atoms with van der Waals surface area (Å²) in [5, 5.41) is 11.2. The standard InChI is InChI=1S/C27H31FN2O5/c1-2-3-15-35-20-8-6-7-19(18-20)25(31)23-24(21-9-4-5-10-22(21)28)30(27(33)26(23)32)12-11-29-13-16-34-17-14-29/h4-10,18,24,31H,2-3,11-17H2,1H3/b25-23+. The molecule has 0 aromatic heterocycles. The number of rotatable bonds is 9. The van der Waals surface area contributed by atoms with Crippen molar-refractivity contribution >= 4 is 17.4 Å². The van der Waals surface area contributed by atoms with Gasteiger partial charge in [0, 0.05) is 37.3 Å². The topological polar surface area (TPSA) is 79.3 Å². The van der Waals surface area contributed by atoms with Crippen molar-refractivity contribution in [2.24, 2.45) is 0 Å². The highest BCUT2D eigenvalue weighted by molar-refractivity contribution is 6.46. The number of hydrogen-bond acceptors (Lipinski definition) is 6. The quantitative estimate of drug-likeness (QED) is 0.254. The number of likely N-dealkylation sites (tertiary alicyclic amines) is 1. The summed E-state index contributed by atoms with van der Waals surface area (Å²) in [5.74, 6) is -1.91. The SMILES string of the molecule is CCCCOc1cccc(/C(O)=C2\C(=O)C(=O)N(CCN3CCOCC3)C2c2ccccc2F)c1. The third kappa shape index (κ3) is 5.55. The fraction of sp³-hybridized carbons (Fsp3) is 0.407. The predicted molar refractivity (Wildman–Crippen MR) is 130 cm³/mol. The highest BCUT2D eigenvalue weighted by atomic mass is 19.1. The Bertz CT molecular complexity index is 1100. The molecule has 1 unspecified atom stereocenters. The zero-order chi connectivity index (χ0) is 24.8. The minimum absolute atomic E-state index is 0.118. The van der Waals surface area contributed by atoms with Gasteiger partial charge in [-0.25, -0.2) is 4.39 Å². The van der Waals surface area contributed by atoms with Gasteiger partial charge in [-0.2, -0.15) is 0 Å². The Morgan fingerprint density at radius 1 is 1.11 bits per heavy atom. The molecule has 4 rings (SSSR count). The molecule has 7 nitrogen and oxygen atoms in total. The third-order valence-electron chi connectivity index (χ3n) is 6.37. The number of hydrogen-bond donors (Lipinski definition) is 1. The normalized spacial score (nSPS) is 20.4. The lowest BCUT2D eigenvalue weighted by molar-refractivity contribution is -0.140. The zero-order valence-corrected chi connectivity index (χ0v) is 19.9. The maximum atomic E-state index is 14.9. The van der Waals surface area contributed by atoms with Crippen LogP contribution in [0.1, 0.15) is 36.9 Å². The molecule has 2 heterocycles. The van der Waals surface area contributed by atoms with E-state index in [1.54, 1.807) is 42.5 Å². The number of ketones is 1. The van der Waals surface area contributed by atoms with Crippen molar-refractivity contribution in [2.75, 3.05) is 46.0 Å².